The summed E-state index contributed by atoms with van der Waals surface area (Å²) < 4.78 is 14.1. The lowest BCUT2D eigenvalue weighted by Gasteiger charge is -2.32. The molecule has 2 aliphatic heterocycles. The van der Waals surface area contributed by atoms with Crippen LogP contribution in [0.15, 0.2) is 48.5 Å². The number of halogens is 1. The van der Waals surface area contributed by atoms with E-state index in [4.69, 9.17) is 0 Å². The summed E-state index contributed by atoms with van der Waals surface area (Å²) in [6.45, 7) is 6.69. The number of para-hydroxylation sites is 1. The quantitative estimate of drug-likeness (QED) is 0.716. The van der Waals surface area contributed by atoms with Gasteiger partial charge in [0.05, 0.1) is 12.1 Å². The van der Waals surface area contributed by atoms with Gasteiger partial charge in [0.15, 0.2) is 6.04 Å². The fourth-order valence-electron chi connectivity index (χ4n) is 4.40. The molecule has 146 valence electrons. The third-order valence-electron chi connectivity index (χ3n) is 5.87. The van der Waals surface area contributed by atoms with Gasteiger partial charge in [0.25, 0.3) is 5.91 Å². The van der Waals surface area contributed by atoms with Crippen LogP contribution in [0.3, 0.4) is 0 Å². The van der Waals surface area contributed by atoms with Gasteiger partial charge in [-0.2, -0.15) is 0 Å². The third kappa shape index (κ3) is 3.70. The molecular formula is C22H26FN3O2+2. The number of hydrogen-bond donors (Lipinski definition) is 2. The highest BCUT2D eigenvalue weighted by atomic mass is 19.1. The minimum absolute atomic E-state index is 0.0723. The molecule has 6 heteroatoms. The van der Waals surface area contributed by atoms with Gasteiger partial charge in [-0.15, -0.1) is 0 Å². The molecule has 0 saturated carbocycles. The summed E-state index contributed by atoms with van der Waals surface area (Å²) in [4.78, 5) is 29.0. The number of nitrogens with zero attached hydrogens (tertiary/aromatic N) is 1. The van der Waals surface area contributed by atoms with Gasteiger partial charge in [0.2, 0.25) is 5.91 Å². The molecule has 5 nitrogen and oxygen atoms in total. The number of nitrogens with one attached hydrogen (secondary N) is 2. The van der Waals surface area contributed by atoms with Crippen molar-refractivity contribution in [1.29, 1.82) is 0 Å². The topological polar surface area (TPSA) is 46.3 Å². The van der Waals surface area contributed by atoms with Crippen molar-refractivity contribution in [3.63, 3.8) is 0 Å². The lowest BCUT2D eigenvalue weighted by atomic mass is 10.1. The number of quaternary nitrogens is 2. The molecule has 2 saturated heterocycles. The largest absolute Gasteiger partial charge is 0.322 e. The van der Waals surface area contributed by atoms with E-state index in [9.17, 15) is 14.0 Å². The molecule has 2 aromatic rings. The van der Waals surface area contributed by atoms with Crippen LogP contribution in [-0.4, -0.2) is 44.0 Å². The van der Waals surface area contributed by atoms with Gasteiger partial charge >= 0.3 is 0 Å². The van der Waals surface area contributed by atoms with E-state index in [0.717, 1.165) is 42.5 Å². The van der Waals surface area contributed by atoms with Crippen LogP contribution < -0.4 is 14.7 Å². The average molecular weight is 383 g/mol. The van der Waals surface area contributed by atoms with E-state index in [1.165, 1.54) is 28.2 Å². The first-order chi connectivity index (χ1) is 13.5. The Balaban J connectivity index is 1.39. The number of anilines is 1. The van der Waals surface area contributed by atoms with Crippen LogP contribution in [0, 0.1) is 12.7 Å². The first-order valence-electron chi connectivity index (χ1n) is 9.88. The first kappa shape index (κ1) is 18.8. The Morgan fingerprint density at radius 2 is 1.79 bits per heavy atom. The average Bonchev–Trinajstić information content (AvgIpc) is 2.97. The van der Waals surface area contributed by atoms with Gasteiger partial charge in [-0.3, -0.25) is 9.59 Å². The Labute approximate surface area is 164 Å². The molecular weight excluding hydrogens is 357 g/mol. The molecule has 2 amide bonds. The maximum absolute atomic E-state index is 14.1. The predicted octanol–water partition coefficient (Wildman–Crippen LogP) is -0.250. The summed E-state index contributed by atoms with van der Waals surface area (Å²) in [6, 6.07) is 14.2. The number of amides is 2. The van der Waals surface area contributed by atoms with Gasteiger partial charge in [0.1, 0.15) is 38.5 Å². The molecule has 0 aromatic heterocycles. The summed E-state index contributed by atoms with van der Waals surface area (Å²) in [7, 11) is 0. The molecule has 2 fully saturated rings. The van der Waals surface area contributed by atoms with Crippen molar-refractivity contribution in [1.82, 2.24) is 0 Å². The van der Waals surface area contributed by atoms with E-state index in [2.05, 4.69) is 31.2 Å². The van der Waals surface area contributed by atoms with Gasteiger partial charge in [-0.1, -0.05) is 42.0 Å². The molecule has 2 aromatic carbocycles. The highest BCUT2D eigenvalue weighted by Crippen LogP contribution is 2.24. The van der Waals surface area contributed by atoms with E-state index in [1.54, 1.807) is 12.1 Å². The van der Waals surface area contributed by atoms with Crippen LogP contribution in [0.25, 0.3) is 0 Å². The van der Waals surface area contributed by atoms with Crippen molar-refractivity contribution < 1.29 is 23.8 Å². The van der Waals surface area contributed by atoms with Gasteiger partial charge in [-0.05, 0) is 19.1 Å². The molecule has 28 heavy (non-hydrogen) atoms. The van der Waals surface area contributed by atoms with Crippen molar-refractivity contribution in [3.8, 4) is 0 Å². The minimum Gasteiger partial charge on any atom is -0.322 e. The smallest absolute Gasteiger partial charge is 0.292 e. The fraction of sp³-hybridized carbons (Fsp3) is 0.364. The zero-order valence-electron chi connectivity index (χ0n) is 16.1. The number of piperazine rings is 1. The van der Waals surface area contributed by atoms with Crippen molar-refractivity contribution in [2.24, 2.45) is 0 Å². The molecule has 2 aliphatic rings. The Hall–Kier alpha value is -2.57. The Kier molecular flexibility index (Phi) is 5.24. The van der Waals surface area contributed by atoms with Crippen LogP contribution in [0.4, 0.5) is 10.1 Å². The highest BCUT2D eigenvalue weighted by molar-refractivity contribution is 6.21. The molecule has 0 spiro atoms. The normalized spacial score (nSPS) is 25.4. The number of hydrogen-bond acceptors (Lipinski definition) is 2. The number of carbonyl (C=O) groups excluding carboxylic acids is 2. The van der Waals surface area contributed by atoms with Crippen molar-refractivity contribution >= 4 is 17.5 Å². The van der Waals surface area contributed by atoms with Crippen molar-refractivity contribution in [3.05, 3.63) is 65.5 Å². The summed E-state index contributed by atoms with van der Waals surface area (Å²) in [5.74, 6) is -1.11. The molecule has 1 atom stereocenters. The second-order valence-electron chi connectivity index (χ2n) is 7.85. The Bertz CT molecular complexity index is 893. The molecule has 2 heterocycles. The molecule has 0 unspecified atom stereocenters. The van der Waals surface area contributed by atoms with E-state index in [-0.39, 0.29) is 23.9 Å². The van der Waals surface area contributed by atoms with Crippen LogP contribution in [0.2, 0.25) is 0 Å². The van der Waals surface area contributed by atoms with Gasteiger partial charge in [0, 0.05) is 5.56 Å². The fourth-order valence-corrected chi connectivity index (χ4v) is 4.40. The highest BCUT2D eigenvalue weighted by Gasteiger charge is 2.47. The Morgan fingerprint density at radius 1 is 1.04 bits per heavy atom. The summed E-state index contributed by atoms with van der Waals surface area (Å²) in [6.07, 6.45) is 0.162. The number of benzene rings is 2. The van der Waals surface area contributed by atoms with E-state index in [0.29, 0.717) is 0 Å². The maximum atomic E-state index is 14.1. The lowest BCUT2D eigenvalue weighted by Crippen LogP contribution is -3.29. The van der Waals surface area contributed by atoms with Gasteiger partial charge in [-0.25, -0.2) is 9.29 Å². The van der Waals surface area contributed by atoms with Crippen molar-refractivity contribution in [2.45, 2.75) is 25.9 Å². The van der Waals surface area contributed by atoms with Crippen LogP contribution in [-0.2, 0) is 16.1 Å². The lowest BCUT2D eigenvalue weighted by molar-refractivity contribution is -1.02. The van der Waals surface area contributed by atoms with E-state index < -0.39 is 11.9 Å². The summed E-state index contributed by atoms with van der Waals surface area (Å²) in [5.41, 5.74) is 2.67. The van der Waals surface area contributed by atoms with Gasteiger partial charge < -0.3 is 9.80 Å². The molecule has 0 bridgehead atoms. The zero-order chi connectivity index (χ0) is 19.7. The van der Waals surface area contributed by atoms with Crippen LogP contribution >= 0.6 is 0 Å². The second kappa shape index (κ2) is 7.81. The number of aryl methyl sites for hydroxylation is 1. The zero-order valence-corrected chi connectivity index (χ0v) is 16.1. The molecule has 2 N–H and O–H groups in total. The van der Waals surface area contributed by atoms with Crippen LogP contribution in [0.1, 0.15) is 17.5 Å². The SMILES string of the molecule is Cc1cccc(C[NH+]2CC[NH+]([C@@H]3CC(=O)N(c4ccccc4F)C3=O)CC2)c1. The molecule has 0 radical (unpaired) electrons. The summed E-state index contributed by atoms with van der Waals surface area (Å²) in [5, 5.41) is 0. The number of rotatable bonds is 4. The van der Waals surface area contributed by atoms with Crippen LogP contribution in [0.5, 0.6) is 0 Å². The van der Waals surface area contributed by atoms with E-state index in [1.807, 2.05) is 0 Å². The summed E-state index contributed by atoms with van der Waals surface area (Å²) >= 11 is 0. The predicted molar refractivity (Wildman–Crippen MR) is 104 cm³/mol. The first-order valence-corrected chi connectivity index (χ1v) is 9.88. The Morgan fingerprint density at radius 3 is 2.50 bits per heavy atom. The number of carbonyl (C=O) groups is 2. The number of imide groups is 1. The monoisotopic (exact) mass is 383 g/mol. The molecule has 0 aliphatic carbocycles. The minimum atomic E-state index is -0.535. The van der Waals surface area contributed by atoms with Crippen molar-refractivity contribution in [2.75, 3.05) is 31.1 Å². The second-order valence-corrected chi connectivity index (χ2v) is 7.85. The van der Waals surface area contributed by atoms with E-state index >= 15 is 0 Å². The third-order valence-corrected chi connectivity index (χ3v) is 5.87. The standard InChI is InChI=1S/C22H24FN3O2/c1-16-5-4-6-17(13-16)15-24-9-11-25(12-10-24)20-14-21(27)26(22(20)28)19-8-3-2-7-18(19)23/h2-8,13,20H,9-12,14-15H2,1H3/p+2/t20-/m1/s1. The maximum Gasteiger partial charge on any atom is 0.292 e. The molecule has 4 rings (SSSR count).